The molecule has 0 atom stereocenters. The zero-order valence-electron chi connectivity index (χ0n) is 13.8. The minimum atomic E-state index is -0.00681. The zero-order valence-corrected chi connectivity index (χ0v) is 13.8. The molecule has 0 N–H and O–H groups in total. The smallest absolute Gasteiger partial charge is 0.323 e. The van der Waals surface area contributed by atoms with Crippen LogP contribution in [0.15, 0.2) is 18.2 Å². The van der Waals surface area contributed by atoms with Crippen LogP contribution in [0.5, 0.6) is 0 Å². The Morgan fingerprint density at radius 3 is 2.43 bits per heavy atom. The number of pyridine rings is 1. The molecule has 1 fully saturated rings. The Hall–Kier alpha value is -1.62. The van der Waals surface area contributed by atoms with Crippen LogP contribution in [-0.2, 0) is 4.74 Å². The maximum Gasteiger partial charge on any atom is 0.323 e. The van der Waals surface area contributed by atoms with E-state index < -0.39 is 0 Å². The number of nitrogens with zero attached hydrogens (tertiary/aromatic N) is 2. The lowest BCUT2D eigenvalue weighted by atomic mass is 10.1. The molecular formula is C16H27N2O3+. The minimum Gasteiger partial charge on any atom is -0.378 e. The fourth-order valence-corrected chi connectivity index (χ4v) is 2.23. The standard InChI is InChI=1S/C14H21N2O3.C2H6/c1-11(2)12-5-4-6-13(16(12)18-3)14(17)15-7-9-19-10-8-15;1-2/h4-6,11H,7-10H2,1-3H3;1-2H3/q+1;. The van der Waals surface area contributed by atoms with E-state index in [2.05, 4.69) is 13.8 Å². The van der Waals surface area contributed by atoms with Crippen LogP contribution in [0.2, 0.25) is 0 Å². The van der Waals surface area contributed by atoms with E-state index in [1.165, 1.54) is 0 Å². The molecule has 1 aliphatic heterocycles. The molecule has 0 aliphatic carbocycles. The molecule has 0 spiro atoms. The third-order valence-corrected chi connectivity index (χ3v) is 3.27. The predicted molar refractivity (Wildman–Crippen MR) is 81.3 cm³/mol. The summed E-state index contributed by atoms with van der Waals surface area (Å²) in [6.07, 6.45) is 0. The lowest BCUT2D eigenvalue weighted by Crippen LogP contribution is -2.53. The summed E-state index contributed by atoms with van der Waals surface area (Å²) in [6, 6.07) is 5.68. The highest BCUT2D eigenvalue weighted by atomic mass is 16.6. The van der Waals surface area contributed by atoms with Gasteiger partial charge in [-0.15, -0.1) is 0 Å². The average molecular weight is 295 g/mol. The van der Waals surface area contributed by atoms with E-state index in [-0.39, 0.29) is 11.8 Å². The molecule has 5 nitrogen and oxygen atoms in total. The van der Waals surface area contributed by atoms with Gasteiger partial charge >= 0.3 is 11.6 Å². The topological polar surface area (TPSA) is 42.7 Å². The highest BCUT2D eigenvalue weighted by Crippen LogP contribution is 2.11. The Bertz CT molecular complexity index is 455. The largest absolute Gasteiger partial charge is 0.378 e. The molecular weight excluding hydrogens is 268 g/mol. The molecule has 1 aromatic heterocycles. The van der Waals surface area contributed by atoms with Crippen molar-refractivity contribution in [3.63, 3.8) is 0 Å². The first-order valence-electron chi connectivity index (χ1n) is 7.61. The van der Waals surface area contributed by atoms with Crippen molar-refractivity contribution >= 4 is 5.91 Å². The second kappa shape index (κ2) is 8.62. The van der Waals surface area contributed by atoms with Gasteiger partial charge in [-0.1, -0.05) is 27.7 Å². The average Bonchev–Trinajstić information content (AvgIpc) is 2.56. The monoisotopic (exact) mass is 295 g/mol. The highest BCUT2D eigenvalue weighted by Gasteiger charge is 2.30. The predicted octanol–water partition coefficient (Wildman–Crippen LogP) is 1.65. The van der Waals surface area contributed by atoms with Crippen LogP contribution in [0.25, 0.3) is 0 Å². The summed E-state index contributed by atoms with van der Waals surface area (Å²) in [5.41, 5.74) is 1.55. The van der Waals surface area contributed by atoms with Crippen LogP contribution in [0.4, 0.5) is 0 Å². The summed E-state index contributed by atoms with van der Waals surface area (Å²) in [5.74, 6) is 0.282. The Morgan fingerprint density at radius 1 is 1.29 bits per heavy atom. The lowest BCUT2D eigenvalue weighted by molar-refractivity contribution is -0.892. The van der Waals surface area contributed by atoms with Gasteiger partial charge in [0.15, 0.2) is 0 Å². The molecule has 21 heavy (non-hydrogen) atoms. The molecule has 1 amide bonds. The molecule has 118 valence electrons. The van der Waals surface area contributed by atoms with Gasteiger partial charge in [0.1, 0.15) is 7.11 Å². The number of amides is 1. The number of rotatable bonds is 3. The van der Waals surface area contributed by atoms with Gasteiger partial charge in [0.05, 0.1) is 13.2 Å². The SMILES string of the molecule is CC.CO[n+]1c(C(=O)N2CCOCC2)cccc1C(C)C. The molecule has 1 saturated heterocycles. The van der Waals surface area contributed by atoms with E-state index in [0.29, 0.717) is 32.0 Å². The van der Waals surface area contributed by atoms with Gasteiger partial charge in [-0.25, -0.2) is 0 Å². The summed E-state index contributed by atoms with van der Waals surface area (Å²) >= 11 is 0. The van der Waals surface area contributed by atoms with E-state index in [9.17, 15) is 4.79 Å². The number of carbonyl (C=O) groups is 1. The minimum absolute atomic E-state index is 0.00681. The van der Waals surface area contributed by atoms with Crippen molar-refractivity contribution in [1.82, 2.24) is 4.90 Å². The highest BCUT2D eigenvalue weighted by molar-refractivity contribution is 5.90. The van der Waals surface area contributed by atoms with Crippen molar-refractivity contribution < 1.29 is 19.1 Å². The molecule has 1 aromatic rings. The van der Waals surface area contributed by atoms with Crippen LogP contribution < -0.4 is 9.57 Å². The van der Waals surface area contributed by atoms with Crippen LogP contribution >= 0.6 is 0 Å². The first kappa shape index (κ1) is 17.4. The van der Waals surface area contributed by atoms with E-state index >= 15 is 0 Å². The molecule has 5 heteroatoms. The zero-order chi connectivity index (χ0) is 15.8. The molecule has 2 rings (SSSR count). The van der Waals surface area contributed by atoms with Gasteiger partial charge < -0.3 is 9.64 Å². The maximum atomic E-state index is 12.5. The molecule has 0 saturated carbocycles. The number of hydrogen-bond donors (Lipinski definition) is 0. The second-order valence-corrected chi connectivity index (χ2v) is 4.87. The third-order valence-electron chi connectivity index (χ3n) is 3.27. The van der Waals surface area contributed by atoms with Crippen molar-refractivity contribution in [2.24, 2.45) is 0 Å². The fourth-order valence-electron chi connectivity index (χ4n) is 2.23. The van der Waals surface area contributed by atoms with Crippen LogP contribution in [0.3, 0.4) is 0 Å². The van der Waals surface area contributed by atoms with Crippen LogP contribution in [0.1, 0.15) is 49.8 Å². The van der Waals surface area contributed by atoms with E-state index in [1.54, 1.807) is 22.8 Å². The Kier molecular flexibility index (Phi) is 7.15. The number of aromatic nitrogens is 1. The Labute approximate surface area is 127 Å². The quantitative estimate of drug-likeness (QED) is 0.796. The molecule has 1 aliphatic rings. The molecule has 2 heterocycles. The van der Waals surface area contributed by atoms with Gasteiger partial charge in [0.2, 0.25) is 5.69 Å². The molecule has 0 radical (unpaired) electrons. The first-order chi connectivity index (χ1) is 10.1. The molecule has 0 bridgehead atoms. The van der Waals surface area contributed by atoms with Gasteiger partial charge in [-0.2, -0.15) is 0 Å². The number of carbonyl (C=O) groups excluding carboxylic acids is 1. The summed E-state index contributed by atoms with van der Waals surface area (Å²) < 4.78 is 6.90. The van der Waals surface area contributed by atoms with Crippen molar-refractivity contribution in [2.75, 3.05) is 33.4 Å². The maximum absolute atomic E-state index is 12.5. The first-order valence-corrected chi connectivity index (χ1v) is 7.61. The summed E-state index contributed by atoms with van der Waals surface area (Å²) in [5, 5.41) is 0. The van der Waals surface area contributed by atoms with Gasteiger partial charge in [0.25, 0.3) is 0 Å². The van der Waals surface area contributed by atoms with Crippen LogP contribution in [0, 0.1) is 0 Å². The number of ether oxygens (including phenoxy) is 1. The van der Waals surface area contributed by atoms with E-state index in [4.69, 9.17) is 9.57 Å². The summed E-state index contributed by atoms with van der Waals surface area (Å²) in [6.45, 7) is 10.6. The Balaban J connectivity index is 0.00000106. The number of hydrogen-bond acceptors (Lipinski definition) is 3. The van der Waals surface area contributed by atoms with Gasteiger partial charge in [0, 0.05) is 35.9 Å². The summed E-state index contributed by atoms with van der Waals surface area (Å²) in [4.78, 5) is 19.7. The fraction of sp³-hybridized carbons (Fsp3) is 0.625. The molecule has 0 unspecified atom stereocenters. The normalized spacial score (nSPS) is 14.5. The van der Waals surface area contributed by atoms with Crippen molar-refractivity contribution in [2.45, 2.75) is 33.6 Å². The van der Waals surface area contributed by atoms with Gasteiger partial charge in [-0.3, -0.25) is 9.63 Å². The van der Waals surface area contributed by atoms with Crippen molar-refractivity contribution in [3.8, 4) is 0 Å². The van der Waals surface area contributed by atoms with Crippen LogP contribution in [-0.4, -0.2) is 44.2 Å². The Morgan fingerprint density at radius 2 is 1.90 bits per heavy atom. The van der Waals surface area contributed by atoms with E-state index in [1.807, 2.05) is 26.0 Å². The van der Waals surface area contributed by atoms with E-state index in [0.717, 1.165) is 5.69 Å². The number of morpholine rings is 1. The van der Waals surface area contributed by atoms with Crippen molar-refractivity contribution in [3.05, 3.63) is 29.6 Å². The van der Waals surface area contributed by atoms with Crippen molar-refractivity contribution in [1.29, 1.82) is 0 Å². The molecule has 0 aromatic carbocycles. The lowest BCUT2D eigenvalue weighted by Gasteiger charge is -2.25. The van der Waals surface area contributed by atoms with Gasteiger partial charge in [-0.05, 0) is 6.07 Å². The third kappa shape index (κ3) is 4.17. The summed E-state index contributed by atoms with van der Waals surface area (Å²) in [7, 11) is 1.59. The second-order valence-electron chi connectivity index (χ2n) is 4.87.